The van der Waals surface area contributed by atoms with Crippen LogP contribution in [0.4, 0.5) is 14.5 Å². The van der Waals surface area contributed by atoms with Crippen molar-refractivity contribution in [2.75, 3.05) is 24.1 Å². The second-order valence-electron chi connectivity index (χ2n) is 12.5. The third-order valence-corrected chi connectivity index (χ3v) is 10.8. The number of halogens is 2. The van der Waals surface area contributed by atoms with Gasteiger partial charge in [0.15, 0.2) is 11.5 Å². The maximum atomic E-state index is 14.7. The Morgan fingerprint density at radius 3 is 2.10 bits per heavy atom. The van der Waals surface area contributed by atoms with Gasteiger partial charge in [-0.1, -0.05) is 61.7 Å². The number of rotatable bonds is 12. The van der Waals surface area contributed by atoms with E-state index in [0.717, 1.165) is 54.1 Å². The monoisotopic (exact) mass is 703 g/mol. The molecule has 1 aliphatic heterocycles. The summed E-state index contributed by atoms with van der Waals surface area (Å²) in [6.07, 6.45) is 4.85. The smallest absolute Gasteiger partial charge is 0.264 e. The number of hydrogen-bond acceptors (Lipinski definition) is 6. The molecule has 4 aromatic carbocycles. The first-order chi connectivity index (χ1) is 24.2. The van der Waals surface area contributed by atoms with Gasteiger partial charge < -0.3 is 19.7 Å². The molecule has 0 aromatic heterocycles. The molecule has 1 heterocycles. The second-order valence-corrected chi connectivity index (χ2v) is 14.4. The van der Waals surface area contributed by atoms with E-state index in [2.05, 4.69) is 5.32 Å². The Hall–Kier alpha value is -4.97. The van der Waals surface area contributed by atoms with Crippen LogP contribution in [0.25, 0.3) is 0 Å². The van der Waals surface area contributed by atoms with Crippen LogP contribution in [-0.2, 0) is 32.6 Å². The van der Waals surface area contributed by atoms with Crippen LogP contribution in [-0.4, -0.2) is 57.0 Å². The molecule has 1 fully saturated rings. The first-order valence-corrected chi connectivity index (χ1v) is 18.2. The Kier molecular flexibility index (Phi) is 11.0. The molecule has 0 bridgehead atoms. The zero-order chi connectivity index (χ0) is 35.1. The minimum Gasteiger partial charge on any atom is -0.486 e. The molecule has 0 unspecified atom stereocenters. The SMILES string of the molecule is O=C(NC1CCCCC1)[C@H](Cc1ccccc1)N(Cc1ccc(F)cc1)C(=O)CN(c1ccc(F)cc1)S(=O)(=O)c1ccc2c(c1)OCCO2. The number of anilines is 1. The van der Waals surface area contributed by atoms with E-state index in [4.69, 9.17) is 9.47 Å². The van der Waals surface area contributed by atoms with E-state index in [0.29, 0.717) is 17.9 Å². The summed E-state index contributed by atoms with van der Waals surface area (Å²) >= 11 is 0. The predicted octanol–water partition coefficient (Wildman–Crippen LogP) is 6.02. The number of nitrogens with zero attached hydrogens (tertiary/aromatic N) is 2. The fraction of sp³-hybridized carbons (Fsp3) is 0.316. The lowest BCUT2D eigenvalue weighted by molar-refractivity contribution is -0.140. The topological polar surface area (TPSA) is 105 Å². The van der Waals surface area contributed by atoms with Crippen molar-refractivity contribution >= 4 is 27.5 Å². The van der Waals surface area contributed by atoms with Gasteiger partial charge in [0, 0.05) is 25.1 Å². The van der Waals surface area contributed by atoms with Crippen LogP contribution in [0, 0.1) is 11.6 Å². The van der Waals surface area contributed by atoms with E-state index in [1.807, 2.05) is 30.3 Å². The fourth-order valence-electron chi connectivity index (χ4n) is 6.33. The summed E-state index contributed by atoms with van der Waals surface area (Å²) < 4.78 is 68.8. The number of carbonyl (C=O) groups is 2. The highest BCUT2D eigenvalue weighted by Crippen LogP contribution is 2.34. The molecule has 1 N–H and O–H groups in total. The molecule has 12 heteroatoms. The molecule has 0 saturated heterocycles. The molecule has 1 atom stereocenters. The highest BCUT2D eigenvalue weighted by Gasteiger charge is 2.36. The van der Waals surface area contributed by atoms with Crippen molar-refractivity contribution in [1.82, 2.24) is 10.2 Å². The highest BCUT2D eigenvalue weighted by molar-refractivity contribution is 7.92. The maximum Gasteiger partial charge on any atom is 0.264 e. The van der Waals surface area contributed by atoms with Gasteiger partial charge in [-0.3, -0.25) is 13.9 Å². The van der Waals surface area contributed by atoms with Crippen molar-refractivity contribution in [2.24, 2.45) is 0 Å². The summed E-state index contributed by atoms with van der Waals surface area (Å²) in [5, 5.41) is 3.15. The van der Waals surface area contributed by atoms with Crippen molar-refractivity contribution in [3.8, 4) is 11.5 Å². The Bertz CT molecular complexity index is 1890. The summed E-state index contributed by atoms with van der Waals surface area (Å²) in [4.78, 5) is 30.0. The molecule has 1 saturated carbocycles. The average molecular weight is 704 g/mol. The molecule has 4 aromatic rings. The van der Waals surface area contributed by atoms with Gasteiger partial charge >= 0.3 is 0 Å². The minimum atomic E-state index is -4.46. The maximum absolute atomic E-state index is 14.7. The summed E-state index contributed by atoms with van der Waals surface area (Å²) in [7, 11) is -4.46. The Labute approximate surface area is 290 Å². The lowest BCUT2D eigenvalue weighted by Gasteiger charge is -2.35. The number of amides is 2. The number of carbonyl (C=O) groups excluding carboxylic acids is 2. The fourth-order valence-corrected chi connectivity index (χ4v) is 7.76. The highest BCUT2D eigenvalue weighted by atomic mass is 32.2. The van der Waals surface area contributed by atoms with Crippen LogP contribution < -0.4 is 19.1 Å². The van der Waals surface area contributed by atoms with Gasteiger partial charge in [-0.05, 0) is 72.5 Å². The van der Waals surface area contributed by atoms with E-state index in [1.165, 1.54) is 59.5 Å². The summed E-state index contributed by atoms with van der Waals surface area (Å²) in [5.74, 6) is -1.47. The molecule has 6 rings (SSSR count). The molecular formula is C38H39F2N3O6S. The Morgan fingerprint density at radius 1 is 0.780 bits per heavy atom. The van der Waals surface area contributed by atoms with Crippen LogP contribution in [0.15, 0.2) is 102 Å². The number of hydrogen-bond donors (Lipinski definition) is 1. The van der Waals surface area contributed by atoms with Gasteiger partial charge in [0.2, 0.25) is 11.8 Å². The lowest BCUT2D eigenvalue weighted by Crippen LogP contribution is -2.55. The predicted molar refractivity (Wildman–Crippen MR) is 184 cm³/mol. The first-order valence-electron chi connectivity index (χ1n) is 16.7. The first kappa shape index (κ1) is 34.9. The van der Waals surface area contributed by atoms with Crippen molar-refractivity contribution in [3.63, 3.8) is 0 Å². The normalized spacial score (nSPS) is 15.2. The summed E-state index contributed by atoms with van der Waals surface area (Å²) in [6.45, 7) is -0.264. The molecule has 0 spiro atoms. The van der Waals surface area contributed by atoms with E-state index in [1.54, 1.807) is 0 Å². The molecule has 0 radical (unpaired) electrons. The van der Waals surface area contributed by atoms with Gasteiger partial charge in [-0.15, -0.1) is 0 Å². The van der Waals surface area contributed by atoms with Crippen molar-refractivity contribution in [2.45, 2.75) is 62.0 Å². The third kappa shape index (κ3) is 8.42. The van der Waals surface area contributed by atoms with Crippen LogP contribution in [0.2, 0.25) is 0 Å². The van der Waals surface area contributed by atoms with E-state index >= 15 is 0 Å². The van der Waals surface area contributed by atoms with Crippen LogP contribution in [0.1, 0.15) is 43.2 Å². The minimum absolute atomic E-state index is 0.0441. The third-order valence-electron chi connectivity index (χ3n) is 8.98. The van der Waals surface area contributed by atoms with Gasteiger partial charge in [-0.25, -0.2) is 17.2 Å². The van der Waals surface area contributed by atoms with E-state index in [9.17, 15) is 26.8 Å². The molecular weight excluding hydrogens is 664 g/mol. The summed E-state index contributed by atoms with van der Waals surface area (Å²) in [6, 6.07) is 22.7. The molecule has 1 aliphatic carbocycles. The standard InChI is InChI=1S/C38H39F2N3O6S/c39-29-13-11-28(12-14-29)25-42(34(23-27-7-3-1-4-8-27)38(45)41-31-9-5-2-6-10-31)37(44)26-43(32-17-15-30(40)16-18-32)50(46,47)33-19-20-35-36(24-33)49-22-21-48-35/h1,3-4,7-8,11-20,24,31,34H,2,5-6,9-10,21-23,25-26H2,(H,41,45)/t34-/m0/s1. The van der Waals surface area contributed by atoms with Gasteiger partial charge in [0.25, 0.3) is 10.0 Å². The van der Waals surface area contributed by atoms with Crippen molar-refractivity contribution < 1.29 is 36.3 Å². The number of nitrogens with one attached hydrogen (secondary N) is 1. The average Bonchev–Trinajstić information content (AvgIpc) is 3.13. The molecule has 2 aliphatic rings. The number of benzene rings is 4. The van der Waals surface area contributed by atoms with Gasteiger partial charge in [0.1, 0.15) is 37.4 Å². The summed E-state index contributed by atoms with van der Waals surface area (Å²) in [5.41, 5.74) is 1.39. The zero-order valence-electron chi connectivity index (χ0n) is 27.5. The molecule has 262 valence electrons. The van der Waals surface area contributed by atoms with Crippen molar-refractivity contribution in [3.05, 3.63) is 120 Å². The van der Waals surface area contributed by atoms with Crippen molar-refractivity contribution in [1.29, 1.82) is 0 Å². The molecule has 2 amide bonds. The Morgan fingerprint density at radius 2 is 1.42 bits per heavy atom. The number of ether oxygens (including phenoxy) is 2. The van der Waals surface area contributed by atoms with Gasteiger partial charge in [-0.2, -0.15) is 0 Å². The van der Waals surface area contributed by atoms with Crippen LogP contribution >= 0.6 is 0 Å². The number of fused-ring (bicyclic) bond motifs is 1. The lowest BCUT2D eigenvalue weighted by atomic mass is 9.94. The van der Waals surface area contributed by atoms with Crippen LogP contribution in [0.5, 0.6) is 11.5 Å². The Balaban J connectivity index is 1.39. The zero-order valence-corrected chi connectivity index (χ0v) is 28.3. The van der Waals surface area contributed by atoms with Gasteiger partial charge in [0.05, 0.1) is 10.6 Å². The van der Waals surface area contributed by atoms with E-state index < -0.39 is 40.2 Å². The second kappa shape index (κ2) is 15.7. The number of sulfonamides is 1. The molecule has 9 nitrogen and oxygen atoms in total. The quantitative estimate of drug-likeness (QED) is 0.194. The largest absolute Gasteiger partial charge is 0.486 e. The van der Waals surface area contributed by atoms with Crippen LogP contribution in [0.3, 0.4) is 0 Å². The molecule has 50 heavy (non-hydrogen) atoms. The van der Waals surface area contributed by atoms with E-state index in [-0.39, 0.29) is 47.9 Å².